The lowest BCUT2D eigenvalue weighted by atomic mass is 9.73. The summed E-state index contributed by atoms with van der Waals surface area (Å²) in [5, 5.41) is 14.4. The van der Waals surface area contributed by atoms with Gasteiger partial charge in [0.2, 0.25) is 5.91 Å². The van der Waals surface area contributed by atoms with E-state index in [1.54, 1.807) is 6.92 Å². The summed E-state index contributed by atoms with van der Waals surface area (Å²) in [6, 6.07) is 2.12. The third-order valence-corrected chi connectivity index (χ3v) is 5.45. The lowest BCUT2D eigenvalue weighted by Crippen LogP contribution is -2.50. The molecule has 6 nitrogen and oxygen atoms in total. The van der Waals surface area contributed by atoms with Crippen molar-refractivity contribution in [2.45, 2.75) is 26.8 Å². The Balaban J connectivity index is 1.72. The van der Waals surface area contributed by atoms with Crippen molar-refractivity contribution >= 4 is 5.91 Å². The molecule has 0 saturated carbocycles. The van der Waals surface area contributed by atoms with E-state index >= 15 is 0 Å². The van der Waals surface area contributed by atoms with Crippen molar-refractivity contribution in [3.05, 3.63) is 17.5 Å². The van der Waals surface area contributed by atoms with Gasteiger partial charge >= 0.3 is 0 Å². The summed E-state index contributed by atoms with van der Waals surface area (Å²) in [5.41, 5.74) is 2.20. The Morgan fingerprint density at radius 2 is 2.27 bits per heavy atom. The highest BCUT2D eigenvalue weighted by molar-refractivity contribution is 5.73. The van der Waals surface area contributed by atoms with E-state index in [2.05, 4.69) is 16.1 Å². The molecule has 1 aromatic heterocycles. The molecule has 0 bridgehead atoms. The van der Waals surface area contributed by atoms with Crippen molar-refractivity contribution in [2.75, 3.05) is 32.8 Å². The first-order chi connectivity index (χ1) is 10.4. The van der Waals surface area contributed by atoms with Gasteiger partial charge in [0.25, 0.3) is 0 Å². The Morgan fingerprint density at radius 3 is 2.86 bits per heavy atom. The molecule has 22 heavy (non-hydrogen) atoms. The van der Waals surface area contributed by atoms with Crippen LogP contribution in [-0.4, -0.2) is 63.4 Å². The molecule has 2 aliphatic rings. The number of hydrogen-bond acceptors (Lipinski definition) is 4. The fourth-order valence-corrected chi connectivity index (χ4v) is 4.10. The molecule has 2 aliphatic heterocycles. The maximum atomic E-state index is 11.6. The molecule has 3 heterocycles. The number of hydrogen-bond donors (Lipinski definition) is 1. The number of carbonyl (C=O) groups excluding carboxylic acids is 1. The zero-order valence-corrected chi connectivity index (χ0v) is 13.7. The molecule has 1 aromatic rings. The lowest BCUT2D eigenvalue weighted by Gasteiger charge is -2.42. The Hall–Kier alpha value is -1.40. The molecule has 0 radical (unpaired) electrons. The van der Waals surface area contributed by atoms with E-state index in [9.17, 15) is 9.90 Å². The van der Waals surface area contributed by atoms with E-state index in [1.165, 1.54) is 5.69 Å². The lowest BCUT2D eigenvalue weighted by molar-refractivity contribution is -0.133. The Morgan fingerprint density at radius 1 is 1.50 bits per heavy atom. The molecule has 122 valence electrons. The molecular formula is C16H26N4O2. The van der Waals surface area contributed by atoms with Crippen molar-refractivity contribution in [3.63, 3.8) is 0 Å². The molecule has 2 fully saturated rings. The Kier molecular flexibility index (Phi) is 3.99. The Labute approximate surface area is 131 Å². The van der Waals surface area contributed by atoms with E-state index in [0.29, 0.717) is 5.92 Å². The second-order valence-corrected chi connectivity index (χ2v) is 7.00. The van der Waals surface area contributed by atoms with Gasteiger partial charge in [0, 0.05) is 52.1 Å². The minimum absolute atomic E-state index is 0.0421. The summed E-state index contributed by atoms with van der Waals surface area (Å²) >= 11 is 0. The van der Waals surface area contributed by atoms with Crippen LogP contribution in [0.5, 0.6) is 0 Å². The standard InChI is InChI=1S/C16H26N4O2/c1-12-6-15(18(3)17-12)9-19-7-14-8-20(13(2)22)5-4-16(14,10-19)11-21/h6,14,21H,4-5,7-11H2,1-3H3/t14-,16-/m0/s1. The van der Waals surface area contributed by atoms with E-state index in [4.69, 9.17) is 0 Å². The van der Waals surface area contributed by atoms with Gasteiger partial charge in [0.1, 0.15) is 0 Å². The fraction of sp³-hybridized carbons (Fsp3) is 0.750. The summed E-state index contributed by atoms with van der Waals surface area (Å²) in [6.07, 6.45) is 0.897. The van der Waals surface area contributed by atoms with Crippen LogP contribution in [0.4, 0.5) is 0 Å². The smallest absolute Gasteiger partial charge is 0.219 e. The average Bonchev–Trinajstić information content (AvgIpc) is 2.98. The third kappa shape index (κ3) is 2.65. The normalized spacial score (nSPS) is 28.9. The first-order valence-corrected chi connectivity index (χ1v) is 8.02. The van der Waals surface area contributed by atoms with E-state index in [0.717, 1.165) is 44.8 Å². The molecule has 2 atom stereocenters. The second-order valence-electron chi connectivity index (χ2n) is 7.00. The number of aliphatic hydroxyl groups is 1. The minimum atomic E-state index is -0.0421. The van der Waals surface area contributed by atoms with Gasteiger partial charge in [-0.05, 0) is 25.3 Å². The maximum absolute atomic E-state index is 11.6. The number of piperidine rings is 1. The van der Waals surface area contributed by atoms with Crippen LogP contribution in [0.15, 0.2) is 6.07 Å². The number of aryl methyl sites for hydroxylation is 2. The topological polar surface area (TPSA) is 61.6 Å². The van der Waals surface area contributed by atoms with Gasteiger partial charge in [-0.1, -0.05) is 0 Å². The number of nitrogens with zero attached hydrogens (tertiary/aromatic N) is 4. The molecule has 6 heteroatoms. The van der Waals surface area contributed by atoms with Crippen molar-refractivity contribution < 1.29 is 9.90 Å². The van der Waals surface area contributed by atoms with Crippen molar-refractivity contribution in [3.8, 4) is 0 Å². The van der Waals surface area contributed by atoms with Crippen LogP contribution in [0.3, 0.4) is 0 Å². The number of aliphatic hydroxyl groups excluding tert-OH is 1. The van der Waals surface area contributed by atoms with Crippen LogP contribution < -0.4 is 0 Å². The SMILES string of the molecule is CC(=O)N1CC[C@@]2(CO)CN(Cc3cc(C)nn3C)C[C@H]2C1. The molecule has 0 aliphatic carbocycles. The highest BCUT2D eigenvalue weighted by Crippen LogP contribution is 2.42. The Bertz CT molecular complexity index is 570. The third-order valence-electron chi connectivity index (χ3n) is 5.45. The van der Waals surface area contributed by atoms with Crippen LogP contribution >= 0.6 is 0 Å². The van der Waals surface area contributed by atoms with E-state index < -0.39 is 0 Å². The highest BCUT2D eigenvalue weighted by atomic mass is 16.3. The van der Waals surface area contributed by atoms with Crippen LogP contribution in [0.2, 0.25) is 0 Å². The monoisotopic (exact) mass is 306 g/mol. The first kappa shape index (κ1) is 15.5. The zero-order chi connectivity index (χ0) is 15.9. The van der Waals surface area contributed by atoms with Crippen molar-refractivity contribution in [1.82, 2.24) is 19.6 Å². The molecular weight excluding hydrogens is 280 g/mol. The largest absolute Gasteiger partial charge is 0.396 e. The fourth-order valence-electron chi connectivity index (χ4n) is 4.10. The minimum Gasteiger partial charge on any atom is -0.396 e. The number of aromatic nitrogens is 2. The van der Waals surface area contributed by atoms with Crippen LogP contribution in [0.25, 0.3) is 0 Å². The van der Waals surface area contributed by atoms with Crippen LogP contribution in [0.1, 0.15) is 24.7 Å². The number of amides is 1. The predicted octanol–water partition coefficient (Wildman–Crippen LogP) is 0.391. The predicted molar refractivity (Wildman–Crippen MR) is 83.1 cm³/mol. The molecule has 0 unspecified atom stereocenters. The number of carbonyl (C=O) groups is 1. The zero-order valence-electron chi connectivity index (χ0n) is 13.7. The molecule has 3 rings (SSSR count). The number of rotatable bonds is 3. The summed E-state index contributed by atoms with van der Waals surface area (Å²) in [4.78, 5) is 16.0. The summed E-state index contributed by atoms with van der Waals surface area (Å²) in [5.74, 6) is 0.511. The van der Waals surface area contributed by atoms with Gasteiger partial charge in [0.05, 0.1) is 18.0 Å². The second kappa shape index (κ2) is 5.66. The van der Waals surface area contributed by atoms with Gasteiger partial charge in [-0.3, -0.25) is 14.4 Å². The van der Waals surface area contributed by atoms with Gasteiger partial charge in [0.15, 0.2) is 0 Å². The highest BCUT2D eigenvalue weighted by Gasteiger charge is 2.49. The molecule has 1 N–H and O–H groups in total. The maximum Gasteiger partial charge on any atom is 0.219 e. The summed E-state index contributed by atoms with van der Waals surface area (Å²) in [7, 11) is 1.98. The van der Waals surface area contributed by atoms with Gasteiger partial charge in [-0.15, -0.1) is 0 Å². The van der Waals surface area contributed by atoms with Crippen LogP contribution in [-0.2, 0) is 18.4 Å². The molecule has 2 saturated heterocycles. The summed E-state index contributed by atoms with van der Waals surface area (Å²) in [6.45, 7) is 8.10. The number of fused-ring (bicyclic) bond motifs is 1. The molecule has 0 spiro atoms. The van der Waals surface area contributed by atoms with Gasteiger partial charge in [-0.25, -0.2) is 0 Å². The summed E-state index contributed by atoms with van der Waals surface area (Å²) < 4.78 is 1.94. The van der Waals surface area contributed by atoms with Gasteiger partial charge in [-0.2, -0.15) is 5.10 Å². The quantitative estimate of drug-likeness (QED) is 0.878. The average molecular weight is 306 g/mol. The van der Waals surface area contributed by atoms with E-state index in [-0.39, 0.29) is 17.9 Å². The molecule has 1 amide bonds. The van der Waals surface area contributed by atoms with Gasteiger partial charge < -0.3 is 10.0 Å². The van der Waals surface area contributed by atoms with Crippen molar-refractivity contribution in [2.24, 2.45) is 18.4 Å². The van der Waals surface area contributed by atoms with E-state index in [1.807, 2.05) is 23.6 Å². The van der Waals surface area contributed by atoms with Crippen molar-refractivity contribution in [1.29, 1.82) is 0 Å². The number of likely N-dealkylation sites (tertiary alicyclic amines) is 2. The molecule has 0 aromatic carbocycles. The first-order valence-electron chi connectivity index (χ1n) is 8.02. The van der Waals surface area contributed by atoms with Crippen LogP contribution in [0, 0.1) is 18.3 Å².